The van der Waals surface area contributed by atoms with Crippen LogP contribution in [0.25, 0.3) is 10.9 Å². The molecule has 1 unspecified atom stereocenters. The summed E-state index contributed by atoms with van der Waals surface area (Å²) in [4.78, 5) is 17.4. The Balaban J connectivity index is 0.000000209. The highest BCUT2D eigenvalue weighted by Crippen LogP contribution is 2.30. The van der Waals surface area contributed by atoms with Crippen LogP contribution in [0.2, 0.25) is 10.0 Å². The number of rotatable bonds is 6. The van der Waals surface area contributed by atoms with Crippen LogP contribution in [0.1, 0.15) is 17.7 Å². The lowest BCUT2D eigenvalue weighted by Crippen LogP contribution is -2.37. The fourth-order valence-electron chi connectivity index (χ4n) is 3.96. The Hall–Kier alpha value is -3.23. The van der Waals surface area contributed by atoms with Gasteiger partial charge in [0.25, 0.3) is 0 Å². The molecule has 3 N–H and O–H groups in total. The molecule has 194 valence electrons. The van der Waals surface area contributed by atoms with Crippen molar-refractivity contribution in [1.29, 1.82) is 0 Å². The number of fused-ring (bicyclic) bond motifs is 3. The van der Waals surface area contributed by atoms with Gasteiger partial charge in [-0.2, -0.15) is 0 Å². The second-order valence-corrected chi connectivity index (χ2v) is 9.42. The number of H-pyrrole nitrogens is 1. The Kier molecular flexibility index (Phi) is 9.30. The van der Waals surface area contributed by atoms with Crippen LogP contribution in [0.5, 0.6) is 11.5 Å². The largest absolute Gasteiger partial charge is 0.493 e. The van der Waals surface area contributed by atoms with Crippen molar-refractivity contribution < 1.29 is 24.5 Å². The maximum atomic E-state index is 12.4. The zero-order valence-corrected chi connectivity index (χ0v) is 21.6. The van der Waals surface area contributed by atoms with E-state index in [1.165, 1.54) is 5.56 Å². The van der Waals surface area contributed by atoms with E-state index in [4.69, 9.17) is 42.9 Å². The number of nitrogens with one attached hydrogen (secondary N) is 1. The van der Waals surface area contributed by atoms with E-state index in [1.807, 2.05) is 48.5 Å². The smallest absolute Gasteiger partial charge is 0.415 e. The minimum atomic E-state index is -0.677. The number of aliphatic hydroxyl groups excluding tert-OH is 2. The summed E-state index contributed by atoms with van der Waals surface area (Å²) in [6.07, 6.45) is 0.180. The Morgan fingerprint density at radius 2 is 1.73 bits per heavy atom. The zero-order valence-electron chi connectivity index (χ0n) is 20.1. The van der Waals surface area contributed by atoms with Gasteiger partial charge in [0, 0.05) is 39.6 Å². The molecule has 9 heteroatoms. The van der Waals surface area contributed by atoms with Crippen molar-refractivity contribution in [1.82, 2.24) is 9.88 Å². The van der Waals surface area contributed by atoms with E-state index >= 15 is 0 Å². The van der Waals surface area contributed by atoms with Gasteiger partial charge >= 0.3 is 6.09 Å². The molecule has 1 atom stereocenters. The Labute approximate surface area is 225 Å². The third-order valence-corrected chi connectivity index (χ3v) is 6.38. The number of aromatic nitrogens is 1. The Morgan fingerprint density at radius 3 is 2.46 bits per heavy atom. The number of aromatic amines is 1. The molecule has 1 aromatic heterocycles. The van der Waals surface area contributed by atoms with Crippen LogP contribution < -0.4 is 9.47 Å². The van der Waals surface area contributed by atoms with Gasteiger partial charge < -0.3 is 29.6 Å². The SMILES string of the molecule is O=C(Oc1ccc(Cl)cc1)N1CCc2c([nH]c3ccc(Cl)cc23)C1.OCC(O)CCOc1ccccc1. The molecule has 5 rings (SSSR count). The van der Waals surface area contributed by atoms with E-state index in [0.29, 0.717) is 41.9 Å². The first-order valence-corrected chi connectivity index (χ1v) is 12.7. The van der Waals surface area contributed by atoms with E-state index in [2.05, 4.69) is 4.98 Å². The Morgan fingerprint density at radius 1 is 1.00 bits per heavy atom. The molecule has 2 heterocycles. The molecule has 4 aromatic rings. The molecule has 0 bridgehead atoms. The van der Waals surface area contributed by atoms with E-state index < -0.39 is 6.10 Å². The average molecular weight is 543 g/mol. The Bertz CT molecular complexity index is 1310. The van der Waals surface area contributed by atoms with Gasteiger partial charge in [-0.05, 0) is 66.6 Å². The van der Waals surface area contributed by atoms with Crippen LogP contribution in [-0.4, -0.2) is 52.1 Å². The first-order valence-electron chi connectivity index (χ1n) is 11.9. The molecule has 1 amide bonds. The molecular weight excluding hydrogens is 515 g/mol. The summed E-state index contributed by atoms with van der Waals surface area (Å²) < 4.78 is 10.7. The first kappa shape index (κ1) is 26.8. The number of carbonyl (C=O) groups is 1. The summed E-state index contributed by atoms with van der Waals surface area (Å²) in [5.41, 5.74) is 3.30. The van der Waals surface area contributed by atoms with Crippen molar-refractivity contribution in [2.75, 3.05) is 19.8 Å². The average Bonchev–Trinajstić information content (AvgIpc) is 3.28. The zero-order chi connectivity index (χ0) is 26.2. The molecule has 7 nitrogen and oxygen atoms in total. The fraction of sp³-hybridized carbons (Fsp3) is 0.250. The molecule has 0 fully saturated rings. The van der Waals surface area contributed by atoms with Crippen molar-refractivity contribution in [3.05, 3.63) is 94.1 Å². The van der Waals surface area contributed by atoms with Gasteiger partial charge in [-0.15, -0.1) is 0 Å². The van der Waals surface area contributed by atoms with Gasteiger partial charge in [0.15, 0.2) is 0 Å². The third-order valence-electron chi connectivity index (χ3n) is 5.89. The molecule has 0 spiro atoms. The molecule has 37 heavy (non-hydrogen) atoms. The second-order valence-electron chi connectivity index (χ2n) is 8.55. The van der Waals surface area contributed by atoms with Crippen molar-refractivity contribution in [3.63, 3.8) is 0 Å². The van der Waals surface area contributed by atoms with Crippen LogP contribution in [0, 0.1) is 0 Å². The van der Waals surface area contributed by atoms with E-state index in [-0.39, 0.29) is 12.7 Å². The second kappa shape index (κ2) is 12.8. The molecule has 0 saturated carbocycles. The predicted octanol–water partition coefficient (Wildman–Crippen LogP) is 5.84. The highest BCUT2D eigenvalue weighted by Gasteiger charge is 2.25. The summed E-state index contributed by atoms with van der Waals surface area (Å²) in [6, 6.07) is 21.9. The highest BCUT2D eigenvalue weighted by molar-refractivity contribution is 6.31. The van der Waals surface area contributed by atoms with Crippen LogP contribution in [0.4, 0.5) is 4.79 Å². The lowest BCUT2D eigenvalue weighted by Gasteiger charge is -2.26. The lowest BCUT2D eigenvalue weighted by atomic mass is 10.0. The summed E-state index contributed by atoms with van der Waals surface area (Å²) in [7, 11) is 0. The number of aliphatic hydroxyl groups is 2. The van der Waals surface area contributed by atoms with E-state index in [9.17, 15) is 4.79 Å². The van der Waals surface area contributed by atoms with Gasteiger partial charge in [0.1, 0.15) is 11.5 Å². The molecule has 1 aliphatic heterocycles. The normalized spacial score (nSPS) is 13.4. The number of halogens is 2. The van der Waals surface area contributed by atoms with Gasteiger partial charge in [-0.3, -0.25) is 0 Å². The number of hydrogen-bond acceptors (Lipinski definition) is 5. The standard InChI is InChI=1S/C18H14Cl2N2O2.C10H14O3/c19-11-1-4-13(5-2-11)24-18(23)22-8-7-14-15-9-12(20)3-6-16(15)21-17(14)10-22;11-8-9(12)6-7-13-10-4-2-1-3-5-10/h1-6,9,21H,7-8,10H2;1-5,9,11-12H,6-8H2. The summed E-state index contributed by atoms with van der Waals surface area (Å²) in [6.45, 7) is 1.32. The minimum Gasteiger partial charge on any atom is -0.493 e. The van der Waals surface area contributed by atoms with Crippen molar-refractivity contribution in [3.8, 4) is 11.5 Å². The molecule has 0 radical (unpaired) electrons. The fourth-order valence-corrected chi connectivity index (χ4v) is 4.26. The number of hydrogen-bond donors (Lipinski definition) is 3. The van der Waals surface area contributed by atoms with Crippen molar-refractivity contribution in [2.45, 2.75) is 25.5 Å². The van der Waals surface area contributed by atoms with Gasteiger partial charge in [0.2, 0.25) is 0 Å². The highest BCUT2D eigenvalue weighted by atomic mass is 35.5. The number of carbonyl (C=O) groups excluding carboxylic acids is 1. The maximum absolute atomic E-state index is 12.4. The molecule has 0 aliphatic carbocycles. The van der Waals surface area contributed by atoms with Gasteiger partial charge in [-0.25, -0.2) is 4.79 Å². The van der Waals surface area contributed by atoms with Gasteiger partial charge in [0.05, 0.1) is 25.9 Å². The molecule has 0 saturated heterocycles. The van der Waals surface area contributed by atoms with Crippen molar-refractivity contribution >= 4 is 40.2 Å². The van der Waals surface area contributed by atoms with Crippen LogP contribution in [-0.2, 0) is 13.0 Å². The summed E-state index contributed by atoms with van der Waals surface area (Å²) in [5, 5.41) is 20.0. The van der Waals surface area contributed by atoms with Crippen LogP contribution in [0.15, 0.2) is 72.8 Å². The molecular formula is C28H28Cl2N2O5. The van der Waals surface area contributed by atoms with E-state index in [0.717, 1.165) is 28.8 Å². The maximum Gasteiger partial charge on any atom is 0.415 e. The summed E-state index contributed by atoms with van der Waals surface area (Å²) >= 11 is 11.9. The van der Waals surface area contributed by atoms with Crippen molar-refractivity contribution in [2.24, 2.45) is 0 Å². The quantitative estimate of drug-likeness (QED) is 0.284. The number of amides is 1. The number of benzene rings is 3. The van der Waals surface area contributed by atoms with Gasteiger partial charge in [-0.1, -0.05) is 41.4 Å². The lowest BCUT2D eigenvalue weighted by molar-refractivity contribution is 0.0754. The van der Waals surface area contributed by atoms with Crippen LogP contribution >= 0.6 is 23.2 Å². The first-order chi connectivity index (χ1) is 17.9. The topological polar surface area (TPSA) is 95.0 Å². The molecule has 1 aliphatic rings. The monoisotopic (exact) mass is 542 g/mol. The number of para-hydroxylation sites is 1. The summed E-state index contributed by atoms with van der Waals surface area (Å²) in [5.74, 6) is 1.27. The van der Waals surface area contributed by atoms with E-state index in [1.54, 1.807) is 29.2 Å². The predicted molar refractivity (Wildman–Crippen MR) is 145 cm³/mol. The minimum absolute atomic E-state index is 0.210. The third kappa shape index (κ3) is 7.40. The van der Waals surface area contributed by atoms with Crippen LogP contribution in [0.3, 0.4) is 0 Å². The number of ether oxygens (including phenoxy) is 2. The number of nitrogens with zero attached hydrogens (tertiary/aromatic N) is 1. The molecule has 3 aromatic carbocycles.